The fraction of sp³-hybridized carbons (Fsp3) is 0. The number of nitrogens with one attached hydrogen (secondary N) is 2. The van der Waals surface area contributed by atoms with E-state index in [0.29, 0.717) is 22.5 Å². The molecule has 2 heterocycles. The number of aromatic amines is 1. The molecule has 4 aromatic rings. The summed E-state index contributed by atoms with van der Waals surface area (Å²) in [5, 5.41) is 11.1. The van der Waals surface area contributed by atoms with Crippen LogP contribution in [0.2, 0.25) is 5.02 Å². The van der Waals surface area contributed by atoms with Crippen molar-refractivity contribution in [3.8, 4) is 22.8 Å². The lowest BCUT2D eigenvalue weighted by Crippen LogP contribution is -1.98. The quantitative estimate of drug-likeness (QED) is 0.574. The van der Waals surface area contributed by atoms with E-state index in [1.54, 1.807) is 6.20 Å². The predicted octanol–water partition coefficient (Wildman–Crippen LogP) is 4.33. The Labute approximate surface area is 149 Å². The fourth-order valence-corrected chi connectivity index (χ4v) is 2.59. The molecule has 6 nitrogen and oxygen atoms in total. The van der Waals surface area contributed by atoms with E-state index in [-0.39, 0.29) is 0 Å². The van der Waals surface area contributed by atoms with E-state index in [9.17, 15) is 0 Å². The SMILES string of the molecule is Clc1cccc(Nc2ncncc2-c2nc(-c3ccccc3)n[nH]2)c1. The third-order valence-electron chi connectivity index (χ3n) is 3.57. The minimum atomic E-state index is 0.587. The van der Waals surface area contributed by atoms with Crippen molar-refractivity contribution in [1.29, 1.82) is 0 Å². The molecule has 0 spiro atoms. The van der Waals surface area contributed by atoms with Gasteiger partial charge in [-0.25, -0.2) is 15.0 Å². The summed E-state index contributed by atoms with van der Waals surface area (Å²) in [7, 11) is 0. The summed E-state index contributed by atoms with van der Waals surface area (Å²) in [6.07, 6.45) is 3.17. The second kappa shape index (κ2) is 6.70. The van der Waals surface area contributed by atoms with Crippen molar-refractivity contribution in [1.82, 2.24) is 25.1 Å². The number of aromatic nitrogens is 5. The fourth-order valence-electron chi connectivity index (χ4n) is 2.40. The van der Waals surface area contributed by atoms with Crippen LogP contribution in [0.1, 0.15) is 0 Å². The van der Waals surface area contributed by atoms with Crippen molar-refractivity contribution in [2.24, 2.45) is 0 Å². The number of hydrogen-bond donors (Lipinski definition) is 2. The number of hydrogen-bond acceptors (Lipinski definition) is 5. The van der Waals surface area contributed by atoms with Crippen LogP contribution in [-0.4, -0.2) is 25.1 Å². The number of H-pyrrole nitrogens is 1. The number of rotatable bonds is 4. The number of benzene rings is 2. The smallest absolute Gasteiger partial charge is 0.181 e. The monoisotopic (exact) mass is 348 g/mol. The Morgan fingerprint density at radius 3 is 2.72 bits per heavy atom. The summed E-state index contributed by atoms with van der Waals surface area (Å²) in [6, 6.07) is 17.2. The van der Waals surface area contributed by atoms with Crippen LogP contribution in [0.4, 0.5) is 11.5 Å². The third-order valence-corrected chi connectivity index (χ3v) is 3.81. The summed E-state index contributed by atoms with van der Waals surface area (Å²) in [6.45, 7) is 0. The minimum Gasteiger partial charge on any atom is -0.339 e. The summed E-state index contributed by atoms with van der Waals surface area (Å²) in [5.41, 5.74) is 2.48. The zero-order chi connectivity index (χ0) is 17.1. The van der Waals surface area contributed by atoms with Crippen LogP contribution < -0.4 is 5.32 Å². The first-order chi connectivity index (χ1) is 12.3. The van der Waals surface area contributed by atoms with Crippen LogP contribution in [0, 0.1) is 0 Å². The summed E-state index contributed by atoms with van der Waals surface area (Å²) >= 11 is 6.04. The Morgan fingerprint density at radius 2 is 1.88 bits per heavy atom. The molecule has 2 aromatic heterocycles. The molecule has 7 heteroatoms. The molecule has 4 rings (SSSR count). The van der Waals surface area contributed by atoms with Crippen molar-refractivity contribution in [3.63, 3.8) is 0 Å². The first-order valence-corrected chi connectivity index (χ1v) is 7.98. The average molecular weight is 349 g/mol. The van der Waals surface area contributed by atoms with Gasteiger partial charge in [-0.05, 0) is 18.2 Å². The van der Waals surface area contributed by atoms with Crippen molar-refractivity contribution in [2.75, 3.05) is 5.32 Å². The van der Waals surface area contributed by atoms with Gasteiger partial charge in [0, 0.05) is 22.5 Å². The molecule has 0 aliphatic heterocycles. The summed E-state index contributed by atoms with van der Waals surface area (Å²) < 4.78 is 0. The molecule has 0 saturated heterocycles. The van der Waals surface area contributed by atoms with Gasteiger partial charge in [0.1, 0.15) is 12.1 Å². The van der Waals surface area contributed by atoms with Crippen molar-refractivity contribution in [3.05, 3.63) is 72.1 Å². The van der Waals surface area contributed by atoms with E-state index < -0.39 is 0 Å². The molecule has 0 saturated carbocycles. The van der Waals surface area contributed by atoms with Crippen molar-refractivity contribution in [2.45, 2.75) is 0 Å². The molecular formula is C18H13ClN6. The molecule has 0 fully saturated rings. The standard InChI is InChI=1S/C18H13ClN6/c19-13-7-4-8-14(9-13)22-17-15(10-20-11-21-17)18-23-16(24-25-18)12-5-2-1-3-6-12/h1-11H,(H,20,21,22)(H,23,24,25). The first kappa shape index (κ1) is 15.3. The van der Waals surface area contributed by atoms with E-state index in [1.807, 2.05) is 54.6 Å². The molecule has 0 radical (unpaired) electrons. The Hall–Kier alpha value is -3.25. The highest BCUT2D eigenvalue weighted by atomic mass is 35.5. The van der Waals surface area contributed by atoms with Gasteiger partial charge in [0.05, 0.1) is 5.56 Å². The van der Waals surface area contributed by atoms with Gasteiger partial charge in [0.2, 0.25) is 0 Å². The van der Waals surface area contributed by atoms with Crippen LogP contribution in [0.25, 0.3) is 22.8 Å². The average Bonchev–Trinajstić information content (AvgIpc) is 3.13. The highest BCUT2D eigenvalue weighted by Crippen LogP contribution is 2.27. The van der Waals surface area contributed by atoms with Gasteiger partial charge in [-0.1, -0.05) is 48.0 Å². The van der Waals surface area contributed by atoms with Crippen LogP contribution in [0.5, 0.6) is 0 Å². The Balaban J connectivity index is 1.69. The van der Waals surface area contributed by atoms with Crippen molar-refractivity contribution >= 4 is 23.1 Å². The number of nitrogens with zero attached hydrogens (tertiary/aromatic N) is 4. The molecule has 122 valence electrons. The van der Waals surface area contributed by atoms with Gasteiger partial charge < -0.3 is 5.32 Å². The molecule has 0 amide bonds. The maximum absolute atomic E-state index is 6.04. The van der Waals surface area contributed by atoms with E-state index in [0.717, 1.165) is 16.8 Å². The predicted molar refractivity (Wildman–Crippen MR) is 97.6 cm³/mol. The maximum Gasteiger partial charge on any atom is 0.181 e. The Morgan fingerprint density at radius 1 is 1.00 bits per heavy atom. The van der Waals surface area contributed by atoms with Gasteiger partial charge in [-0.2, -0.15) is 5.10 Å². The van der Waals surface area contributed by atoms with E-state index >= 15 is 0 Å². The van der Waals surface area contributed by atoms with Gasteiger partial charge in [0.25, 0.3) is 0 Å². The zero-order valence-corrected chi connectivity index (χ0v) is 13.8. The number of halogens is 1. The van der Waals surface area contributed by atoms with E-state index in [4.69, 9.17) is 11.6 Å². The maximum atomic E-state index is 6.04. The molecule has 2 aromatic carbocycles. The largest absolute Gasteiger partial charge is 0.339 e. The molecule has 0 aliphatic rings. The summed E-state index contributed by atoms with van der Waals surface area (Å²) in [4.78, 5) is 13.0. The van der Waals surface area contributed by atoms with Gasteiger partial charge in [-0.15, -0.1) is 0 Å². The lowest BCUT2D eigenvalue weighted by molar-refractivity contribution is 1.09. The second-order valence-electron chi connectivity index (χ2n) is 5.29. The normalized spacial score (nSPS) is 10.6. The van der Waals surface area contributed by atoms with E-state index in [1.165, 1.54) is 6.33 Å². The molecule has 2 N–H and O–H groups in total. The lowest BCUT2D eigenvalue weighted by atomic mass is 10.2. The number of anilines is 2. The Kier molecular flexibility index (Phi) is 4.10. The molecule has 0 atom stereocenters. The van der Waals surface area contributed by atoms with Gasteiger partial charge in [0.15, 0.2) is 11.6 Å². The van der Waals surface area contributed by atoms with Crippen LogP contribution in [0.3, 0.4) is 0 Å². The Bertz CT molecular complexity index is 999. The van der Waals surface area contributed by atoms with Crippen LogP contribution >= 0.6 is 11.6 Å². The second-order valence-corrected chi connectivity index (χ2v) is 5.73. The highest BCUT2D eigenvalue weighted by Gasteiger charge is 2.13. The third kappa shape index (κ3) is 3.34. The lowest BCUT2D eigenvalue weighted by Gasteiger charge is -2.08. The highest BCUT2D eigenvalue weighted by molar-refractivity contribution is 6.30. The molecular weight excluding hydrogens is 336 g/mol. The topological polar surface area (TPSA) is 79.4 Å². The van der Waals surface area contributed by atoms with Crippen LogP contribution in [0.15, 0.2) is 67.1 Å². The molecule has 0 bridgehead atoms. The minimum absolute atomic E-state index is 0.587. The molecule has 0 aliphatic carbocycles. The summed E-state index contributed by atoms with van der Waals surface area (Å²) in [5.74, 6) is 1.82. The van der Waals surface area contributed by atoms with Crippen molar-refractivity contribution < 1.29 is 0 Å². The van der Waals surface area contributed by atoms with Gasteiger partial charge in [-0.3, -0.25) is 5.10 Å². The molecule has 25 heavy (non-hydrogen) atoms. The molecule has 0 unspecified atom stereocenters. The first-order valence-electron chi connectivity index (χ1n) is 7.60. The van der Waals surface area contributed by atoms with E-state index in [2.05, 4.69) is 30.5 Å². The van der Waals surface area contributed by atoms with Gasteiger partial charge >= 0.3 is 0 Å². The zero-order valence-electron chi connectivity index (χ0n) is 13.0. The van der Waals surface area contributed by atoms with Crippen LogP contribution in [-0.2, 0) is 0 Å².